The number of hydrogen-bond acceptors (Lipinski definition) is 4. The fourth-order valence-electron chi connectivity index (χ4n) is 4.49. The van der Waals surface area contributed by atoms with Crippen LogP contribution < -0.4 is 0 Å². The van der Waals surface area contributed by atoms with Gasteiger partial charge in [-0.2, -0.15) is 15.1 Å². The molecule has 0 unspecified atom stereocenters. The summed E-state index contributed by atoms with van der Waals surface area (Å²) in [7, 11) is 0. The van der Waals surface area contributed by atoms with E-state index in [9.17, 15) is 4.79 Å². The van der Waals surface area contributed by atoms with E-state index in [2.05, 4.69) is 51.9 Å². The number of amides is 1. The van der Waals surface area contributed by atoms with Crippen LogP contribution in [-0.4, -0.2) is 31.5 Å². The van der Waals surface area contributed by atoms with Crippen LogP contribution >= 0.6 is 11.8 Å². The van der Waals surface area contributed by atoms with Crippen LogP contribution in [0.1, 0.15) is 27.8 Å². The first-order valence-electron chi connectivity index (χ1n) is 11.7. The van der Waals surface area contributed by atoms with Gasteiger partial charge in [-0.3, -0.25) is 10.2 Å². The Hall–Kier alpha value is -4.23. The van der Waals surface area contributed by atoms with Crippen LogP contribution in [0, 0.1) is 19.3 Å². The number of amidine groups is 2. The quantitative estimate of drug-likeness (QED) is 0.359. The van der Waals surface area contributed by atoms with Gasteiger partial charge in [0.2, 0.25) is 5.17 Å². The van der Waals surface area contributed by atoms with Crippen LogP contribution in [0.4, 0.5) is 0 Å². The summed E-state index contributed by atoms with van der Waals surface area (Å²) in [4.78, 5) is 17.3. The number of nitrogens with one attached hydrogen (secondary N) is 1. The molecule has 6 nitrogen and oxygen atoms in total. The Kier molecular flexibility index (Phi) is 5.42. The molecule has 2 aliphatic heterocycles. The van der Waals surface area contributed by atoms with Crippen molar-refractivity contribution in [3.8, 4) is 0 Å². The van der Waals surface area contributed by atoms with Crippen LogP contribution in [0.15, 0.2) is 94.7 Å². The lowest BCUT2D eigenvalue weighted by Gasteiger charge is -2.20. The minimum atomic E-state index is -0.422. The number of thioether (sulfide) groups is 1. The van der Waals surface area contributed by atoms with Gasteiger partial charge in [-0.1, -0.05) is 77.9 Å². The van der Waals surface area contributed by atoms with Crippen molar-refractivity contribution in [1.82, 2.24) is 9.58 Å². The summed E-state index contributed by atoms with van der Waals surface area (Å²) in [5.41, 5.74) is 6.69. The van der Waals surface area contributed by atoms with Crippen molar-refractivity contribution in [3.63, 3.8) is 0 Å². The fourth-order valence-corrected chi connectivity index (χ4v) is 5.39. The van der Waals surface area contributed by atoms with Crippen LogP contribution in [0.3, 0.4) is 0 Å². The molecule has 3 aromatic carbocycles. The van der Waals surface area contributed by atoms with E-state index in [1.165, 1.54) is 27.9 Å². The summed E-state index contributed by atoms with van der Waals surface area (Å²) in [6, 6.07) is 24.6. The molecule has 0 spiro atoms. The molecule has 36 heavy (non-hydrogen) atoms. The van der Waals surface area contributed by atoms with Gasteiger partial charge in [0, 0.05) is 34.8 Å². The van der Waals surface area contributed by atoms with E-state index in [0.717, 1.165) is 32.6 Å². The zero-order valence-electron chi connectivity index (χ0n) is 19.9. The lowest BCUT2D eigenvalue weighted by molar-refractivity contribution is -0.114. The number of hydrogen-bond donors (Lipinski definition) is 1. The molecule has 0 bridgehead atoms. The van der Waals surface area contributed by atoms with E-state index in [1.807, 2.05) is 55.6 Å². The van der Waals surface area contributed by atoms with Gasteiger partial charge in [-0.15, -0.1) is 0 Å². The topological polar surface area (TPSA) is 73.8 Å². The molecule has 2 aliphatic rings. The summed E-state index contributed by atoms with van der Waals surface area (Å²) in [6.45, 7) is 4.83. The standard InChI is InChI=1S/C29H23N5OS/c1-18-10-12-21(13-11-18)28-32-34-26(30)24(27(35)31-29(34)36-28)15-22-17-33(25-9-4-3-8-23(22)25)16-20-7-5-6-19(2)14-20/h3-15,17,30H,16H2,1-2H3/b24-15-,30-26?. The van der Waals surface area contributed by atoms with Crippen LogP contribution in [0.5, 0.6) is 0 Å². The molecule has 0 radical (unpaired) electrons. The number of nitrogens with zero attached hydrogens (tertiary/aromatic N) is 4. The summed E-state index contributed by atoms with van der Waals surface area (Å²) in [5.74, 6) is -0.384. The Bertz CT molecular complexity index is 1640. The van der Waals surface area contributed by atoms with E-state index in [1.54, 1.807) is 6.08 Å². The van der Waals surface area contributed by atoms with Crippen molar-refractivity contribution in [2.45, 2.75) is 20.4 Å². The number of rotatable bonds is 4. The molecule has 0 saturated heterocycles. The molecule has 0 fully saturated rings. The van der Waals surface area contributed by atoms with E-state index < -0.39 is 5.91 Å². The lowest BCUT2D eigenvalue weighted by Crippen LogP contribution is -2.35. The van der Waals surface area contributed by atoms with E-state index in [0.29, 0.717) is 11.7 Å². The fraction of sp³-hybridized carbons (Fsp3) is 0.103. The highest BCUT2D eigenvalue weighted by Gasteiger charge is 2.36. The molecule has 0 atom stereocenters. The number of carbonyl (C=O) groups is 1. The minimum Gasteiger partial charge on any atom is -0.342 e. The van der Waals surface area contributed by atoms with E-state index in [4.69, 9.17) is 5.41 Å². The third-order valence-electron chi connectivity index (χ3n) is 6.31. The Balaban J connectivity index is 1.37. The molecule has 176 valence electrons. The maximum absolute atomic E-state index is 13.0. The van der Waals surface area contributed by atoms with Gasteiger partial charge < -0.3 is 4.57 Å². The average Bonchev–Trinajstić information content (AvgIpc) is 3.44. The van der Waals surface area contributed by atoms with Gasteiger partial charge in [0.1, 0.15) is 5.04 Å². The van der Waals surface area contributed by atoms with Crippen molar-refractivity contribution < 1.29 is 4.79 Å². The van der Waals surface area contributed by atoms with Gasteiger partial charge in [0.25, 0.3) is 5.91 Å². The molecular formula is C29H23N5OS. The highest BCUT2D eigenvalue weighted by molar-refractivity contribution is 8.27. The van der Waals surface area contributed by atoms with Crippen molar-refractivity contribution in [1.29, 1.82) is 5.41 Å². The molecular weight excluding hydrogens is 466 g/mol. The third kappa shape index (κ3) is 3.97. The number of aryl methyl sites for hydroxylation is 2. The normalized spacial score (nSPS) is 16.5. The number of fused-ring (bicyclic) bond motifs is 2. The Labute approximate surface area is 213 Å². The average molecular weight is 490 g/mol. The Morgan fingerprint density at radius 2 is 1.78 bits per heavy atom. The van der Waals surface area contributed by atoms with Gasteiger partial charge in [0.05, 0.1) is 5.57 Å². The molecule has 1 aromatic heterocycles. The molecule has 4 aromatic rings. The van der Waals surface area contributed by atoms with Gasteiger partial charge in [-0.05, 0) is 43.3 Å². The molecule has 7 heteroatoms. The number of para-hydroxylation sites is 1. The Morgan fingerprint density at radius 1 is 0.972 bits per heavy atom. The Morgan fingerprint density at radius 3 is 2.58 bits per heavy atom. The van der Waals surface area contributed by atoms with Crippen LogP contribution in [-0.2, 0) is 11.3 Å². The SMILES string of the molecule is Cc1ccc(C2=NN3C(=N)/C(=C/c4cn(Cc5cccc(C)c5)c5ccccc45)C(=O)N=C3S2)cc1. The van der Waals surface area contributed by atoms with Crippen LogP contribution in [0.25, 0.3) is 17.0 Å². The van der Waals surface area contributed by atoms with Gasteiger partial charge in [0.15, 0.2) is 5.84 Å². The maximum atomic E-state index is 13.0. The predicted molar refractivity (Wildman–Crippen MR) is 148 cm³/mol. The second-order valence-corrected chi connectivity index (χ2v) is 9.97. The number of hydrazone groups is 1. The van der Waals surface area contributed by atoms with Crippen LogP contribution in [0.2, 0.25) is 0 Å². The number of aromatic nitrogens is 1. The molecule has 1 amide bonds. The summed E-state index contributed by atoms with van der Waals surface area (Å²) < 4.78 is 2.18. The molecule has 1 N–H and O–H groups in total. The minimum absolute atomic E-state index is 0.0372. The lowest BCUT2D eigenvalue weighted by atomic mass is 10.1. The van der Waals surface area contributed by atoms with Crippen molar-refractivity contribution in [2.75, 3.05) is 0 Å². The molecule has 6 rings (SSSR count). The molecule has 0 aliphatic carbocycles. The first-order chi connectivity index (χ1) is 17.5. The predicted octanol–water partition coefficient (Wildman–Crippen LogP) is 5.97. The largest absolute Gasteiger partial charge is 0.342 e. The second kappa shape index (κ2) is 8.77. The third-order valence-corrected chi connectivity index (χ3v) is 7.27. The zero-order valence-corrected chi connectivity index (χ0v) is 20.7. The number of aliphatic imine (C=N–C) groups is 1. The first kappa shape index (κ1) is 22.2. The van der Waals surface area contributed by atoms with Crippen molar-refractivity contribution in [3.05, 3.63) is 112 Å². The summed E-state index contributed by atoms with van der Waals surface area (Å²) in [5, 5.41) is 17.0. The number of carbonyl (C=O) groups excluding carboxylic acids is 1. The molecule has 3 heterocycles. The number of benzene rings is 3. The highest BCUT2D eigenvalue weighted by atomic mass is 32.2. The van der Waals surface area contributed by atoms with E-state index >= 15 is 0 Å². The maximum Gasteiger partial charge on any atom is 0.283 e. The zero-order chi connectivity index (χ0) is 24.8. The molecule has 0 saturated carbocycles. The highest BCUT2D eigenvalue weighted by Crippen LogP contribution is 2.32. The smallest absolute Gasteiger partial charge is 0.283 e. The summed E-state index contributed by atoms with van der Waals surface area (Å²) in [6.07, 6.45) is 3.81. The van der Waals surface area contributed by atoms with Gasteiger partial charge in [-0.25, -0.2) is 0 Å². The van der Waals surface area contributed by atoms with Crippen molar-refractivity contribution >= 4 is 50.7 Å². The first-order valence-corrected chi connectivity index (χ1v) is 12.5. The van der Waals surface area contributed by atoms with Gasteiger partial charge >= 0.3 is 0 Å². The monoisotopic (exact) mass is 489 g/mol. The van der Waals surface area contributed by atoms with E-state index in [-0.39, 0.29) is 11.4 Å². The van der Waals surface area contributed by atoms with Crippen molar-refractivity contribution in [2.24, 2.45) is 10.1 Å². The summed E-state index contributed by atoms with van der Waals surface area (Å²) >= 11 is 1.31. The second-order valence-electron chi connectivity index (χ2n) is 9.01.